The molecule has 0 radical (unpaired) electrons. The van der Waals surface area contributed by atoms with Crippen molar-refractivity contribution in [1.82, 2.24) is 5.32 Å². The highest BCUT2D eigenvalue weighted by Gasteiger charge is 2.18. The maximum absolute atomic E-state index is 9.42. The van der Waals surface area contributed by atoms with Crippen LogP contribution >= 0.6 is 11.3 Å². The predicted molar refractivity (Wildman–Crippen MR) is 68.7 cm³/mol. The highest BCUT2D eigenvalue weighted by Crippen LogP contribution is 2.23. The van der Waals surface area contributed by atoms with Crippen LogP contribution in [0.4, 0.5) is 0 Å². The normalized spacial score (nSPS) is 25.9. The van der Waals surface area contributed by atoms with E-state index in [0.29, 0.717) is 0 Å². The summed E-state index contributed by atoms with van der Waals surface area (Å²) in [5.74, 6) is 0.767. The molecule has 0 saturated heterocycles. The van der Waals surface area contributed by atoms with Crippen LogP contribution in [0.2, 0.25) is 0 Å². The van der Waals surface area contributed by atoms with Gasteiger partial charge in [0.15, 0.2) is 0 Å². The molecule has 2 nitrogen and oxygen atoms in total. The third-order valence-corrected chi connectivity index (χ3v) is 4.53. The first-order valence-electron chi connectivity index (χ1n) is 6.17. The van der Waals surface area contributed by atoms with Crippen LogP contribution in [-0.2, 0) is 6.54 Å². The molecule has 1 aliphatic carbocycles. The lowest BCUT2D eigenvalue weighted by Gasteiger charge is -2.25. The van der Waals surface area contributed by atoms with Crippen molar-refractivity contribution in [3.8, 4) is 0 Å². The van der Waals surface area contributed by atoms with Crippen molar-refractivity contribution in [2.45, 2.75) is 45.3 Å². The zero-order valence-corrected chi connectivity index (χ0v) is 10.7. The van der Waals surface area contributed by atoms with Gasteiger partial charge in [-0.1, -0.05) is 0 Å². The second-order valence-electron chi connectivity index (χ2n) is 4.83. The first-order chi connectivity index (χ1) is 7.75. The molecule has 0 spiro atoms. The molecule has 0 bridgehead atoms. The average Bonchev–Trinajstić information content (AvgIpc) is 2.68. The van der Waals surface area contributed by atoms with Crippen molar-refractivity contribution in [2.24, 2.45) is 5.92 Å². The standard InChI is InChI=1S/C13H21NOS/c1-10-6-7-16-13(10)9-14-8-11-2-4-12(15)5-3-11/h6-7,11-12,14-15H,2-5,8-9H2,1H3. The van der Waals surface area contributed by atoms with Gasteiger partial charge in [0.1, 0.15) is 0 Å². The Hall–Kier alpha value is -0.380. The van der Waals surface area contributed by atoms with Gasteiger partial charge in [0, 0.05) is 11.4 Å². The van der Waals surface area contributed by atoms with Gasteiger partial charge in [-0.15, -0.1) is 11.3 Å². The lowest BCUT2D eigenvalue weighted by atomic mass is 9.87. The molecule has 0 aromatic carbocycles. The van der Waals surface area contributed by atoms with Gasteiger partial charge in [0.25, 0.3) is 0 Å². The molecule has 1 aromatic rings. The molecule has 1 aromatic heterocycles. The van der Waals surface area contributed by atoms with Crippen LogP contribution in [-0.4, -0.2) is 17.8 Å². The SMILES string of the molecule is Cc1ccsc1CNCC1CCC(O)CC1. The third-order valence-electron chi connectivity index (χ3n) is 3.50. The number of thiophene rings is 1. The molecule has 1 saturated carbocycles. The zero-order valence-electron chi connectivity index (χ0n) is 9.91. The van der Waals surface area contributed by atoms with Gasteiger partial charge in [0.05, 0.1) is 6.10 Å². The van der Waals surface area contributed by atoms with Crippen LogP contribution in [0, 0.1) is 12.8 Å². The summed E-state index contributed by atoms with van der Waals surface area (Å²) in [5, 5.41) is 15.1. The monoisotopic (exact) mass is 239 g/mol. The minimum Gasteiger partial charge on any atom is -0.393 e. The van der Waals surface area contributed by atoms with E-state index < -0.39 is 0 Å². The number of rotatable bonds is 4. The molecular formula is C13H21NOS. The summed E-state index contributed by atoms with van der Waals surface area (Å²) in [5.41, 5.74) is 1.40. The van der Waals surface area contributed by atoms with Gasteiger partial charge in [-0.3, -0.25) is 0 Å². The molecule has 1 heterocycles. The maximum atomic E-state index is 9.42. The first kappa shape index (κ1) is 12.1. The number of hydrogen-bond acceptors (Lipinski definition) is 3. The number of aliphatic hydroxyl groups is 1. The van der Waals surface area contributed by atoms with Crippen molar-refractivity contribution in [3.05, 3.63) is 21.9 Å². The van der Waals surface area contributed by atoms with Gasteiger partial charge in [-0.25, -0.2) is 0 Å². The molecule has 1 aliphatic rings. The maximum Gasteiger partial charge on any atom is 0.0540 e. The molecule has 0 amide bonds. The number of nitrogens with one attached hydrogen (secondary N) is 1. The molecule has 2 N–H and O–H groups in total. The molecule has 0 unspecified atom stereocenters. The predicted octanol–water partition coefficient (Wildman–Crippen LogP) is 2.70. The summed E-state index contributed by atoms with van der Waals surface area (Å²) in [6.45, 7) is 4.27. The number of aryl methyl sites for hydroxylation is 1. The van der Waals surface area contributed by atoms with Crippen molar-refractivity contribution in [2.75, 3.05) is 6.54 Å². The average molecular weight is 239 g/mol. The van der Waals surface area contributed by atoms with Gasteiger partial charge < -0.3 is 10.4 Å². The van der Waals surface area contributed by atoms with Crippen LogP contribution in [0.1, 0.15) is 36.1 Å². The topological polar surface area (TPSA) is 32.3 Å². The van der Waals surface area contributed by atoms with E-state index in [-0.39, 0.29) is 6.10 Å². The Morgan fingerprint density at radius 1 is 1.38 bits per heavy atom. The zero-order chi connectivity index (χ0) is 11.4. The van der Waals surface area contributed by atoms with Crippen LogP contribution in [0.3, 0.4) is 0 Å². The quantitative estimate of drug-likeness (QED) is 0.846. The smallest absolute Gasteiger partial charge is 0.0540 e. The fraction of sp³-hybridized carbons (Fsp3) is 0.692. The number of aliphatic hydroxyl groups excluding tert-OH is 1. The van der Waals surface area contributed by atoms with E-state index in [1.165, 1.54) is 23.3 Å². The van der Waals surface area contributed by atoms with Crippen LogP contribution in [0.5, 0.6) is 0 Å². The van der Waals surface area contributed by atoms with E-state index in [4.69, 9.17) is 0 Å². The van der Waals surface area contributed by atoms with E-state index in [2.05, 4.69) is 23.7 Å². The third kappa shape index (κ3) is 3.30. The van der Waals surface area contributed by atoms with Crippen LogP contribution < -0.4 is 5.32 Å². The Morgan fingerprint density at radius 2 is 2.12 bits per heavy atom. The Labute approximate surface area is 102 Å². The highest BCUT2D eigenvalue weighted by atomic mass is 32.1. The molecule has 0 aliphatic heterocycles. The first-order valence-corrected chi connectivity index (χ1v) is 7.05. The van der Waals surface area contributed by atoms with Gasteiger partial charge >= 0.3 is 0 Å². The molecule has 3 heteroatoms. The second-order valence-corrected chi connectivity index (χ2v) is 5.83. The van der Waals surface area contributed by atoms with Crippen molar-refractivity contribution in [1.29, 1.82) is 0 Å². The summed E-state index contributed by atoms with van der Waals surface area (Å²) in [4.78, 5) is 1.45. The van der Waals surface area contributed by atoms with E-state index >= 15 is 0 Å². The minimum atomic E-state index is -0.0317. The highest BCUT2D eigenvalue weighted by molar-refractivity contribution is 7.10. The molecule has 1 fully saturated rings. The Balaban J connectivity index is 1.67. The molecular weight excluding hydrogens is 218 g/mol. The summed E-state index contributed by atoms with van der Waals surface area (Å²) in [6.07, 6.45) is 4.31. The Morgan fingerprint density at radius 3 is 2.75 bits per heavy atom. The van der Waals surface area contributed by atoms with Crippen LogP contribution in [0.25, 0.3) is 0 Å². The minimum absolute atomic E-state index is 0.0317. The summed E-state index contributed by atoms with van der Waals surface area (Å²) in [7, 11) is 0. The molecule has 90 valence electrons. The fourth-order valence-electron chi connectivity index (χ4n) is 2.32. The van der Waals surface area contributed by atoms with E-state index in [1.807, 2.05) is 11.3 Å². The molecule has 16 heavy (non-hydrogen) atoms. The van der Waals surface area contributed by atoms with Gasteiger partial charge in [-0.2, -0.15) is 0 Å². The summed E-state index contributed by atoms with van der Waals surface area (Å²) < 4.78 is 0. The van der Waals surface area contributed by atoms with Gasteiger partial charge in [0.2, 0.25) is 0 Å². The molecule has 2 rings (SSSR count). The second kappa shape index (κ2) is 5.80. The lowest BCUT2D eigenvalue weighted by molar-refractivity contribution is 0.108. The largest absolute Gasteiger partial charge is 0.393 e. The number of hydrogen-bond donors (Lipinski definition) is 2. The Kier molecular flexibility index (Phi) is 4.38. The van der Waals surface area contributed by atoms with E-state index in [1.54, 1.807) is 0 Å². The van der Waals surface area contributed by atoms with Crippen molar-refractivity contribution >= 4 is 11.3 Å². The van der Waals surface area contributed by atoms with Crippen molar-refractivity contribution < 1.29 is 5.11 Å². The summed E-state index contributed by atoms with van der Waals surface area (Å²) >= 11 is 1.83. The van der Waals surface area contributed by atoms with Crippen molar-refractivity contribution in [3.63, 3.8) is 0 Å². The molecule has 0 atom stereocenters. The Bertz CT molecular complexity index is 315. The van der Waals surface area contributed by atoms with E-state index in [9.17, 15) is 5.11 Å². The van der Waals surface area contributed by atoms with Gasteiger partial charge in [-0.05, 0) is 62.1 Å². The fourth-order valence-corrected chi connectivity index (χ4v) is 3.20. The van der Waals surface area contributed by atoms with E-state index in [0.717, 1.165) is 31.8 Å². The summed E-state index contributed by atoms with van der Waals surface area (Å²) in [6, 6.07) is 2.18. The lowest BCUT2D eigenvalue weighted by Crippen LogP contribution is -2.27. The van der Waals surface area contributed by atoms with Crippen LogP contribution in [0.15, 0.2) is 11.4 Å².